The molecule has 0 atom stereocenters. The fraction of sp³-hybridized carbons (Fsp3) is 0.250. The lowest BCUT2D eigenvalue weighted by atomic mass is 10.2. The van der Waals surface area contributed by atoms with Crippen molar-refractivity contribution in [3.63, 3.8) is 0 Å². The fourth-order valence-electron chi connectivity index (χ4n) is 2.39. The van der Waals surface area contributed by atoms with Gasteiger partial charge < -0.3 is 19.5 Å². The number of methoxy groups -OCH3 is 2. The van der Waals surface area contributed by atoms with Crippen LogP contribution < -0.4 is 25.0 Å². The number of benzene rings is 2. The van der Waals surface area contributed by atoms with Crippen molar-refractivity contribution in [2.45, 2.75) is 13.3 Å². The average molecular weight is 430 g/mol. The monoisotopic (exact) mass is 430 g/mol. The second-order valence-corrected chi connectivity index (χ2v) is 6.21. The molecule has 0 saturated carbocycles. The van der Waals surface area contributed by atoms with Crippen molar-refractivity contribution in [1.82, 2.24) is 5.43 Å². The number of nitrogens with zero attached hydrogens (tertiary/aromatic N) is 2. The molecule has 2 rings (SSSR count). The normalized spacial score (nSPS) is 10.7. The minimum absolute atomic E-state index is 0.0272. The molecule has 0 spiro atoms. The molecule has 0 bridgehead atoms. The van der Waals surface area contributed by atoms with Crippen LogP contribution in [0.3, 0.4) is 0 Å². The van der Waals surface area contributed by atoms with Gasteiger partial charge >= 0.3 is 0 Å². The summed E-state index contributed by atoms with van der Waals surface area (Å²) in [5.41, 5.74) is 2.30. The van der Waals surface area contributed by atoms with Gasteiger partial charge in [0.15, 0.2) is 6.61 Å². The molecule has 0 saturated heterocycles. The lowest BCUT2D eigenvalue weighted by Crippen LogP contribution is -2.26. The molecule has 164 valence electrons. The minimum Gasteiger partial charge on any atom is -0.497 e. The first-order chi connectivity index (χ1) is 14.8. The van der Waals surface area contributed by atoms with Gasteiger partial charge in [-0.15, -0.1) is 0 Å². The van der Waals surface area contributed by atoms with Gasteiger partial charge in [-0.25, -0.2) is 5.43 Å². The Morgan fingerprint density at radius 1 is 1.03 bits per heavy atom. The first-order valence-electron chi connectivity index (χ1n) is 9.03. The van der Waals surface area contributed by atoms with Crippen LogP contribution >= 0.6 is 0 Å². The third-order valence-electron chi connectivity index (χ3n) is 3.87. The molecular weight excluding hydrogens is 408 g/mol. The zero-order valence-corrected chi connectivity index (χ0v) is 17.2. The van der Waals surface area contributed by atoms with Crippen LogP contribution in [0.2, 0.25) is 0 Å². The van der Waals surface area contributed by atoms with E-state index in [-0.39, 0.29) is 24.4 Å². The summed E-state index contributed by atoms with van der Waals surface area (Å²) in [7, 11) is 2.90. The van der Waals surface area contributed by atoms with E-state index < -0.39 is 16.7 Å². The van der Waals surface area contributed by atoms with Crippen molar-refractivity contribution < 1.29 is 28.7 Å². The molecule has 0 fully saturated rings. The van der Waals surface area contributed by atoms with Crippen LogP contribution in [-0.2, 0) is 9.59 Å². The smallest absolute Gasteiger partial charge is 0.296 e. The Kier molecular flexibility index (Phi) is 8.31. The van der Waals surface area contributed by atoms with E-state index in [4.69, 9.17) is 14.2 Å². The molecule has 0 aliphatic heterocycles. The Labute approximate surface area is 178 Å². The molecule has 0 aliphatic carbocycles. The number of hydrogen-bond acceptors (Lipinski definition) is 8. The number of nitro benzene ring substituents is 1. The van der Waals surface area contributed by atoms with E-state index in [1.807, 2.05) is 0 Å². The van der Waals surface area contributed by atoms with Crippen LogP contribution in [0.15, 0.2) is 47.6 Å². The van der Waals surface area contributed by atoms with E-state index in [1.54, 1.807) is 24.3 Å². The minimum atomic E-state index is -0.623. The quantitative estimate of drug-likeness (QED) is 0.335. The standard InChI is InChI=1S/C20H22N4O7/c1-13(22-23-20(26)12-31-16-6-4-5-14(10-16)29-2)9-19(25)21-17-8-7-15(30-3)11-18(17)24(27)28/h4-8,10-11H,9,12H2,1-3H3,(H,21,25)(H,23,26)/b22-13-. The SMILES string of the molecule is COc1cccc(OCC(=O)N/N=C(/C)CC(=O)Nc2ccc(OC)cc2[N+](=O)[O-])c1. The van der Waals surface area contributed by atoms with E-state index in [0.717, 1.165) is 0 Å². The largest absolute Gasteiger partial charge is 0.497 e. The summed E-state index contributed by atoms with van der Waals surface area (Å²) in [6.07, 6.45) is -0.180. The predicted molar refractivity (Wildman–Crippen MR) is 113 cm³/mol. The zero-order chi connectivity index (χ0) is 22.8. The van der Waals surface area contributed by atoms with E-state index in [9.17, 15) is 19.7 Å². The number of nitro groups is 1. The molecule has 11 nitrogen and oxygen atoms in total. The summed E-state index contributed by atoms with van der Waals surface area (Å²) in [4.78, 5) is 34.6. The van der Waals surface area contributed by atoms with E-state index in [1.165, 1.54) is 39.3 Å². The first kappa shape index (κ1) is 23.1. The molecule has 11 heteroatoms. The third-order valence-corrected chi connectivity index (χ3v) is 3.87. The molecule has 31 heavy (non-hydrogen) atoms. The molecular formula is C20H22N4O7. The van der Waals surface area contributed by atoms with Gasteiger partial charge in [-0.05, 0) is 31.2 Å². The fourth-order valence-corrected chi connectivity index (χ4v) is 2.39. The van der Waals surface area contributed by atoms with Gasteiger partial charge in [-0.3, -0.25) is 19.7 Å². The summed E-state index contributed by atoms with van der Waals surface area (Å²) in [5.74, 6) is 0.289. The second-order valence-electron chi connectivity index (χ2n) is 6.21. The number of carbonyl (C=O) groups excluding carboxylic acids is 2. The number of hydrazone groups is 1. The molecule has 0 aliphatic rings. The van der Waals surface area contributed by atoms with Gasteiger partial charge in [-0.1, -0.05) is 6.07 Å². The van der Waals surface area contributed by atoms with Crippen molar-refractivity contribution in [1.29, 1.82) is 0 Å². The summed E-state index contributed by atoms with van der Waals surface area (Å²) in [5, 5.41) is 17.5. The average Bonchev–Trinajstić information content (AvgIpc) is 2.76. The van der Waals surface area contributed by atoms with Gasteiger partial charge in [0.1, 0.15) is 22.9 Å². The van der Waals surface area contributed by atoms with Gasteiger partial charge in [0.2, 0.25) is 5.91 Å². The van der Waals surface area contributed by atoms with Crippen LogP contribution in [0.25, 0.3) is 0 Å². The highest BCUT2D eigenvalue weighted by atomic mass is 16.6. The van der Waals surface area contributed by atoms with Crippen molar-refractivity contribution in [2.75, 3.05) is 26.1 Å². The van der Waals surface area contributed by atoms with Crippen LogP contribution in [0, 0.1) is 10.1 Å². The lowest BCUT2D eigenvalue weighted by molar-refractivity contribution is -0.384. The Bertz CT molecular complexity index is 991. The van der Waals surface area contributed by atoms with Crippen molar-refractivity contribution >= 4 is 28.9 Å². The molecule has 0 radical (unpaired) electrons. The predicted octanol–water partition coefficient (Wildman–Crippen LogP) is 2.51. The van der Waals surface area contributed by atoms with Gasteiger partial charge in [0.05, 0.1) is 31.6 Å². The molecule has 2 N–H and O–H groups in total. The Balaban J connectivity index is 1.86. The maximum atomic E-state index is 12.2. The van der Waals surface area contributed by atoms with Gasteiger partial charge in [0, 0.05) is 11.8 Å². The van der Waals surface area contributed by atoms with E-state index in [2.05, 4.69) is 15.8 Å². The lowest BCUT2D eigenvalue weighted by Gasteiger charge is -2.08. The first-order valence-corrected chi connectivity index (χ1v) is 9.03. The highest BCUT2D eigenvalue weighted by Gasteiger charge is 2.17. The van der Waals surface area contributed by atoms with E-state index >= 15 is 0 Å². The van der Waals surface area contributed by atoms with Gasteiger partial charge in [0.25, 0.3) is 11.6 Å². The molecule has 0 aromatic heterocycles. The maximum Gasteiger partial charge on any atom is 0.296 e. The third kappa shape index (κ3) is 7.31. The van der Waals surface area contributed by atoms with Crippen LogP contribution in [0.5, 0.6) is 17.2 Å². The number of hydrogen-bond donors (Lipinski definition) is 2. The summed E-state index contributed by atoms with van der Waals surface area (Å²) in [6, 6.07) is 10.8. The second kappa shape index (κ2) is 11.1. The Hall–Kier alpha value is -4.15. The summed E-state index contributed by atoms with van der Waals surface area (Å²) < 4.78 is 15.4. The molecule has 2 amide bonds. The Morgan fingerprint density at radius 2 is 1.71 bits per heavy atom. The zero-order valence-electron chi connectivity index (χ0n) is 17.2. The number of rotatable bonds is 10. The number of anilines is 1. The van der Waals surface area contributed by atoms with Gasteiger partial charge in [-0.2, -0.15) is 5.10 Å². The number of amides is 2. The highest BCUT2D eigenvalue weighted by Crippen LogP contribution is 2.29. The molecule has 0 heterocycles. The molecule has 2 aromatic rings. The summed E-state index contributed by atoms with van der Waals surface area (Å²) >= 11 is 0. The van der Waals surface area contributed by atoms with Crippen molar-refractivity contribution in [2.24, 2.45) is 5.10 Å². The highest BCUT2D eigenvalue weighted by molar-refractivity contribution is 6.06. The van der Waals surface area contributed by atoms with Crippen LogP contribution in [-0.4, -0.2) is 43.3 Å². The van der Waals surface area contributed by atoms with E-state index in [0.29, 0.717) is 23.0 Å². The van der Waals surface area contributed by atoms with Crippen LogP contribution in [0.4, 0.5) is 11.4 Å². The number of nitrogens with one attached hydrogen (secondary N) is 2. The maximum absolute atomic E-state index is 12.2. The number of ether oxygens (including phenoxy) is 3. The molecule has 2 aromatic carbocycles. The topological polar surface area (TPSA) is 141 Å². The summed E-state index contributed by atoms with van der Waals surface area (Å²) in [6.45, 7) is 1.25. The number of carbonyl (C=O) groups is 2. The van der Waals surface area contributed by atoms with Crippen LogP contribution in [0.1, 0.15) is 13.3 Å². The van der Waals surface area contributed by atoms with Crippen molar-refractivity contribution in [3.8, 4) is 17.2 Å². The Morgan fingerprint density at radius 3 is 2.39 bits per heavy atom. The molecule has 0 unspecified atom stereocenters. The van der Waals surface area contributed by atoms with Crippen molar-refractivity contribution in [3.05, 3.63) is 52.6 Å².